The van der Waals surface area contributed by atoms with Crippen LogP contribution in [0.2, 0.25) is 0 Å². The lowest BCUT2D eigenvalue weighted by molar-refractivity contribution is -0.117. The molecule has 0 aromatic heterocycles. The molecule has 27 heavy (non-hydrogen) atoms. The van der Waals surface area contributed by atoms with Gasteiger partial charge in [-0.05, 0) is 25.1 Å². The molecule has 0 fully saturated rings. The molecule has 0 aliphatic rings. The molecule has 9 heteroatoms. The molecule has 0 saturated carbocycles. The molecule has 0 atom stereocenters. The minimum Gasteiger partial charge on any atom is -0.489 e. The highest BCUT2D eigenvalue weighted by Crippen LogP contribution is 2.21. The van der Waals surface area contributed by atoms with Gasteiger partial charge in [0.05, 0.1) is 18.8 Å². The Labute approximate surface area is 158 Å². The van der Waals surface area contributed by atoms with Crippen molar-refractivity contribution in [3.8, 4) is 5.75 Å². The van der Waals surface area contributed by atoms with Crippen LogP contribution in [0.3, 0.4) is 0 Å². The Hall–Kier alpha value is -2.91. The first-order chi connectivity index (χ1) is 12.8. The van der Waals surface area contributed by atoms with Gasteiger partial charge in [-0.15, -0.1) is 0 Å². The van der Waals surface area contributed by atoms with E-state index in [9.17, 15) is 15.0 Å². The fraction of sp³-hybridized carbons (Fsp3) is 0.389. The van der Waals surface area contributed by atoms with Gasteiger partial charge in [-0.1, -0.05) is 0 Å². The van der Waals surface area contributed by atoms with Crippen molar-refractivity contribution < 1.29 is 19.7 Å². The van der Waals surface area contributed by atoms with Gasteiger partial charge in [0.15, 0.2) is 0 Å². The van der Waals surface area contributed by atoms with E-state index in [0.29, 0.717) is 22.6 Å². The summed E-state index contributed by atoms with van der Waals surface area (Å²) in [7, 11) is 3.07. The zero-order valence-corrected chi connectivity index (χ0v) is 15.8. The average molecular weight is 377 g/mol. The van der Waals surface area contributed by atoms with Gasteiger partial charge in [0.25, 0.3) is 5.91 Å². The van der Waals surface area contributed by atoms with E-state index < -0.39 is 24.7 Å². The van der Waals surface area contributed by atoms with Gasteiger partial charge in [0.2, 0.25) is 0 Å². The van der Waals surface area contributed by atoms with E-state index in [4.69, 9.17) is 16.2 Å². The molecule has 0 spiro atoms. The Morgan fingerprint density at radius 3 is 2.52 bits per heavy atom. The number of hydrogen-bond donors (Lipinski definition) is 5. The number of hydrogen-bond acceptors (Lipinski definition) is 8. The fourth-order valence-corrected chi connectivity index (χ4v) is 2.10. The van der Waals surface area contributed by atoms with Crippen molar-refractivity contribution in [2.75, 3.05) is 39.6 Å². The first-order valence-corrected chi connectivity index (χ1v) is 8.20. The number of carbonyl (C=O) groups is 1. The maximum Gasteiger partial charge on any atom is 0.270 e. The summed E-state index contributed by atoms with van der Waals surface area (Å²) in [4.78, 5) is 20.5. The van der Waals surface area contributed by atoms with Crippen LogP contribution in [0, 0.1) is 0 Å². The van der Waals surface area contributed by atoms with Gasteiger partial charge in [-0.3, -0.25) is 14.8 Å². The third kappa shape index (κ3) is 6.08. The number of benzene rings is 1. The van der Waals surface area contributed by atoms with Gasteiger partial charge >= 0.3 is 0 Å². The van der Waals surface area contributed by atoms with Crippen LogP contribution in [0.25, 0.3) is 0 Å². The van der Waals surface area contributed by atoms with Gasteiger partial charge in [0.1, 0.15) is 18.1 Å². The standard InChI is InChI=1S/C18H27N5O4/c1-18(10-24,11-25)23-17(26)16(22-3)14-6-13(4-5-15(14)20)27-9-12(7-19)8-21-2/h4-8,24-25H,9-11,19-20H2,1-3H3,(H,23,26). The smallest absolute Gasteiger partial charge is 0.270 e. The molecule has 0 aliphatic heterocycles. The molecule has 1 rings (SSSR count). The van der Waals surface area contributed by atoms with Crippen LogP contribution in [-0.4, -0.2) is 67.5 Å². The SMILES string of the molecule is CN=CC(=CN)COc1ccc(N)c(C(=NC)C(=O)NC(C)(CO)CO)c1. The Morgan fingerprint density at radius 2 is 2.00 bits per heavy atom. The van der Waals surface area contributed by atoms with E-state index in [0.717, 1.165) is 0 Å². The molecular weight excluding hydrogens is 350 g/mol. The lowest BCUT2D eigenvalue weighted by Gasteiger charge is -2.26. The van der Waals surface area contributed by atoms with Gasteiger partial charge in [-0.2, -0.15) is 0 Å². The second kappa shape index (κ2) is 10.3. The highest BCUT2D eigenvalue weighted by atomic mass is 16.5. The third-order valence-electron chi connectivity index (χ3n) is 3.75. The van der Waals surface area contributed by atoms with Crippen molar-refractivity contribution in [2.24, 2.45) is 15.7 Å². The Kier molecular flexibility index (Phi) is 8.43. The van der Waals surface area contributed by atoms with Crippen LogP contribution >= 0.6 is 0 Å². The third-order valence-corrected chi connectivity index (χ3v) is 3.75. The molecule has 0 unspecified atom stereocenters. The second-order valence-corrected chi connectivity index (χ2v) is 6.07. The van der Waals surface area contributed by atoms with E-state index in [1.165, 1.54) is 20.2 Å². The molecule has 1 amide bonds. The molecule has 0 heterocycles. The zero-order chi connectivity index (χ0) is 20.4. The van der Waals surface area contributed by atoms with E-state index in [1.54, 1.807) is 31.5 Å². The molecule has 1 aromatic carbocycles. The quantitative estimate of drug-likeness (QED) is 0.288. The van der Waals surface area contributed by atoms with Crippen LogP contribution in [-0.2, 0) is 4.79 Å². The summed E-state index contributed by atoms with van der Waals surface area (Å²) in [6.07, 6.45) is 2.97. The number of aliphatic hydroxyl groups is 2. The van der Waals surface area contributed by atoms with Gasteiger partial charge < -0.3 is 31.7 Å². The maximum absolute atomic E-state index is 12.6. The summed E-state index contributed by atoms with van der Waals surface area (Å²) in [5.74, 6) is -0.114. The molecule has 9 nitrogen and oxygen atoms in total. The number of nitrogens with two attached hydrogens (primary N) is 2. The predicted octanol–water partition coefficient (Wildman–Crippen LogP) is -0.531. The Balaban J connectivity index is 3.08. The average Bonchev–Trinajstić information content (AvgIpc) is 2.67. The molecule has 0 radical (unpaired) electrons. The number of aliphatic imine (C=N–C) groups is 2. The van der Waals surface area contributed by atoms with Crippen molar-refractivity contribution in [3.63, 3.8) is 0 Å². The second-order valence-electron chi connectivity index (χ2n) is 6.07. The number of nitrogen functional groups attached to an aromatic ring is 1. The van der Waals surface area contributed by atoms with E-state index in [-0.39, 0.29) is 12.3 Å². The van der Waals surface area contributed by atoms with E-state index >= 15 is 0 Å². The lowest BCUT2D eigenvalue weighted by Crippen LogP contribution is -2.53. The number of rotatable bonds is 9. The predicted molar refractivity (Wildman–Crippen MR) is 106 cm³/mol. The minimum absolute atomic E-state index is 0.0517. The summed E-state index contributed by atoms with van der Waals surface area (Å²) in [5.41, 5.74) is 11.7. The number of nitrogens with one attached hydrogen (secondary N) is 1. The largest absolute Gasteiger partial charge is 0.489 e. The van der Waals surface area contributed by atoms with Crippen molar-refractivity contribution in [2.45, 2.75) is 12.5 Å². The van der Waals surface area contributed by atoms with Gasteiger partial charge in [0, 0.05) is 43.3 Å². The summed E-state index contributed by atoms with van der Waals surface area (Å²) >= 11 is 0. The summed E-state index contributed by atoms with van der Waals surface area (Å²) in [6, 6.07) is 4.84. The molecular formula is C18H27N5O4. The van der Waals surface area contributed by atoms with Crippen molar-refractivity contribution in [1.29, 1.82) is 0 Å². The number of anilines is 1. The van der Waals surface area contributed by atoms with Crippen LogP contribution < -0.4 is 21.5 Å². The monoisotopic (exact) mass is 377 g/mol. The summed E-state index contributed by atoms with van der Waals surface area (Å²) < 4.78 is 5.66. The number of nitrogens with zero attached hydrogens (tertiary/aromatic N) is 2. The lowest BCUT2D eigenvalue weighted by atomic mass is 10.0. The maximum atomic E-state index is 12.6. The van der Waals surface area contributed by atoms with Crippen LogP contribution in [0.5, 0.6) is 5.75 Å². The molecule has 0 bridgehead atoms. The number of amides is 1. The molecule has 7 N–H and O–H groups in total. The van der Waals surface area contributed by atoms with Gasteiger partial charge in [-0.25, -0.2) is 0 Å². The van der Waals surface area contributed by atoms with Crippen molar-refractivity contribution in [3.05, 3.63) is 35.5 Å². The summed E-state index contributed by atoms with van der Waals surface area (Å²) in [5, 5.41) is 21.3. The minimum atomic E-state index is -1.18. The normalized spacial score (nSPS) is 13.1. The number of carbonyl (C=O) groups excluding carboxylic acids is 1. The van der Waals surface area contributed by atoms with Crippen molar-refractivity contribution >= 4 is 23.5 Å². The van der Waals surface area contributed by atoms with Crippen LogP contribution in [0.4, 0.5) is 5.69 Å². The van der Waals surface area contributed by atoms with E-state index in [1.807, 2.05) is 0 Å². The first kappa shape index (κ1) is 22.1. The highest BCUT2D eigenvalue weighted by molar-refractivity contribution is 6.46. The van der Waals surface area contributed by atoms with Crippen molar-refractivity contribution in [1.82, 2.24) is 5.32 Å². The molecule has 148 valence electrons. The Morgan fingerprint density at radius 1 is 1.33 bits per heavy atom. The topological polar surface area (TPSA) is 156 Å². The highest BCUT2D eigenvalue weighted by Gasteiger charge is 2.28. The summed E-state index contributed by atoms with van der Waals surface area (Å²) in [6.45, 7) is 0.836. The molecule has 0 aliphatic carbocycles. The number of ether oxygens (including phenoxy) is 1. The van der Waals surface area contributed by atoms with Crippen LogP contribution in [0.1, 0.15) is 12.5 Å². The number of aliphatic hydroxyl groups excluding tert-OH is 2. The van der Waals surface area contributed by atoms with E-state index in [2.05, 4.69) is 15.3 Å². The molecule has 1 aromatic rings. The fourth-order valence-electron chi connectivity index (χ4n) is 2.10. The van der Waals surface area contributed by atoms with Crippen LogP contribution in [0.15, 0.2) is 40.0 Å². The molecule has 0 saturated heterocycles. The zero-order valence-electron chi connectivity index (χ0n) is 15.8. The first-order valence-electron chi connectivity index (χ1n) is 8.20. The Bertz CT molecular complexity index is 739.